The Morgan fingerprint density at radius 2 is 1.97 bits per heavy atom. The molecule has 2 heterocycles. The van der Waals surface area contributed by atoms with Gasteiger partial charge in [0.25, 0.3) is 5.91 Å². The topological polar surface area (TPSA) is 100 Å². The number of hydrogen-bond acceptors (Lipinski definition) is 4. The number of benzene rings is 1. The summed E-state index contributed by atoms with van der Waals surface area (Å²) in [5.41, 5.74) is 1.64. The second-order valence-electron chi connectivity index (χ2n) is 8.12. The average Bonchev–Trinajstić information content (AvgIpc) is 3.18. The van der Waals surface area contributed by atoms with Crippen LogP contribution in [0.25, 0.3) is 11.3 Å². The highest BCUT2D eigenvalue weighted by Crippen LogP contribution is 2.25. The van der Waals surface area contributed by atoms with Crippen molar-refractivity contribution in [1.29, 1.82) is 0 Å². The first-order valence-electron chi connectivity index (χ1n) is 10.6. The summed E-state index contributed by atoms with van der Waals surface area (Å²) in [5, 5.41) is 8.53. The fourth-order valence-corrected chi connectivity index (χ4v) is 4.20. The molecule has 3 atom stereocenters. The molecule has 2 unspecified atom stereocenters. The predicted octanol–water partition coefficient (Wildman–Crippen LogP) is 2.18. The van der Waals surface area contributed by atoms with Crippen LogP contribution in [0.5, 0.6) is 0 Å². The Balaban J connectivity index is 1.33. The normalized spacial score (nSPS) is 23.1. The number of amides is 3. The molecular formula is C23H25FN4O3. The van der Waals surface area contributed by atoms with Crippen molar-refractivity contribution in [3.8, 4) is 11.3 Å². The van der Waals surface area contributed by atoms with Gasteiger partial charge < -0.3 is 16.0 Å². The van der Waals surface area contributed by atoms with Crippen molar-refractivity contribution in [1.82, 2.24) is 20.9 Å². The standard InChI is InChI=1S/C23H25FN4O3/c24-17-5-1-3-14(11-17)19-8-7-16(13-26-19)22(30)27-18-6-2-4-15(12-18)21(29)28-20-9-10-25-23(20)31/h1,3,5,7-8,11,13,15,18,20H,2,4,6,9-10,12H2,(H,25,31)(H,27,30)(H,28,29)/t15?,18?,20-/m0/s1. The highest BCUT2D eigenvalue weighted by atomic mass is 19.1. The molecule has 162 valence electrons. The van der Waals surface area contributed by atoms with Crippen molar-refractivity contribution in [3.05, 3.63) is 54.0 Å². The first kappa shape index (κ1) is 21.0. The second-order valence-corrected chi connectivity index (χ2v) is 8.12. The van der Waals surface area contributed by atoms with Crippen LogP contribution >= 0.6 is 0 Å². The van der Waals surface area contributed by atoms with Crippen LogP contribution in [0.4, 0.5) is 4.39 Å². The molecule has 3 amide bonds. The molecular weight excluding hydrogens is 399 g/mol. The number of aromatic nitrogens is 1. The molecule has 8 heteroatoms. The molecule has 2 aromatic rings. The summed E-state index contributed by atoms with van der Waals surface area (Å²) in [7, 11) is 0. The van der Waals surface area contributed by atoms with Crippen molar-refractivity contribution in [2.24, 2.45) is 5.92 Å². The molecule has 1 saturated heterocycles. The molecule has 2 fully saturated rings. The van der Waals surface area contributed by atoms with Gasteiger partial charge in [0, 0.05) is 30.3 Å². The van der Waals surface area contributed by atoms with Crippen LogP contribution in [0.15, 0.2) is 42.6 Å². The van der Waals surface area contributed by atoms with Gasteiger partial charge >= 0.3 is 0 Å². The number of rotatable bonds is 5. The van der Waals surface area contributed by atoms with Crippen molar-refractivity contribution < 1.29 is 18.8 Å². The number of pyridine rings is 1. The fraction of sp³-hybridized carbons (Fsp3) is 0.391. The molecule has 1 saturated carbocycles. The third-order valence-electron chi connectivity index (χ3n) is 5.89. The predicted molar refractivity (Wildman–Crippen MR) is 112 cm³/mol. The number of carbonyl (C=O) groups excluding carboxylic acids is 3. The van der Waals surface area contributed by atoms with Gasteiger partial charge in [-0.25, -0.2) is 4.39 Å². The number of halogens is 1. The molecule has 1 aliphatic carbocycles. The molecule has 3 N–H and O–H groups in total. The Labute approximate surface area is 179 Å². The maximum atomic E-state index is 13.4. The van der Waals surface area contributed by atoms with Crippen LogP contribution in [-0.4, -0.2) is 41.3 Å². The molecule has 7 nitrogen and oxygen atoms in total. The molecule has 2 aliphatic rings. The van der Waals surface area contributed by atoms with Gasteiger partial charge in [0.2, 0.25) is 11.8 Å². The zero-order valence-electron chi connectivity index (χ0n) is 17.1. The van der Waals surface area contributed by atoms with Gasteiger partial charge in [0.1, 0.15) is 11.9 Å². The van der Waals surface area contributed by atoms with Crippen molar-refractivity contribution >= 4 is 17.7 Å². The molecule has 0 bridgehead atoms. The fourth-order valence-electron chi connectivity index (χ4n) is 4.20. The molecule has 1 aromatic carbocycles. The number of nitrogens with zero attached hydrogens (tertiary/aromatic N) is 1. The van der Waals surface area contributed by atoms with Crippen LogP contribution in [0, 0.1) is 11.7 Å². The van der Waals surface area contributed by atoms with E-state index < -0.39 is 6.04 Å². The van der Waals surface area contributed by atoms with E-state index in [9.17, 15) is 18.8 Å². The average molecular weight is 424 g/mol. The monoisotopic (exact) mass is 424 g/mol. The van der Waals surface area contributed by atoms with Gasteiger partial charge in [-0.1, -0.05) is 18.6 Å². The smallest absolute Gasteiger partial charge is 0.253 e. The Bertz CT molecular complexity index is 979. The lowest BCUT2D eigenvalue weighted by Crippen LogP contribution is -2.46. The first-order valence-corrected chi connectivity index (χ1v) is 10.6. The Kier molecular flexibility index (Phi) is 6.25. The molecule has 4 rings (SSSR count). The quantitative estimate of drug-likeness (QED) is 0.685. The molecule has 31 heavy (non-hydrogen) atoms. The van der Waals surface area contributed by atoms with E-state index in [-0.39, 0.29) is 35.5 Å². The van der Waals surface area contributed by atoms with Crippen LogP contribution in [0.3, 0.4) is 0 Å². The minimum atomic E-state index is -0.454. The molecule has 0 spiro atoms. The summed E-state index contributed by atoms with van der Waals surface area (Å²) in [6.07, 6.45) is 5.00. The van der Waals surface area contributed by atoms with Crippen LogP contribution < -0.4 is 16.0 Å². The van der Waals surface area contributed by atoms with Crippen molar-refractivity contribution in [2.45, 2.75) is 44.2 Å². The van der Waals surface area contributed by atoms with E-state index in [1.165, 1.54) is 18.3 Å². The summed E-state index contributed by atoms with van der Waals surface area (Å²) in [4.78, 5) is 41.2. The van der Waals surface area contributed by atoms with Crippen molar-refractivity contribution in [3.63, 3.8) is 0 Å². The third kappa shape index (κ3) is 5.07. The van der Waals surface area contributed by atoms with Gasteiger partial charge in [-0.15, -0.1) is 0 Å². The number of carbonyl (C=O) groups is 3. The number of hydrogen-bond donors (Lipinski definition) is 3. The molecule has 1 aromatic heterocycles. The Morgan fingerprint density at radius 1 is 1.10 bits per heavy atom. The zero-order valence-corrected chi connectivity index (χ0v) is 17.1. The second kappa shape index (κ2) is 9.24. The summed E-state index contributed by atoms with van der Waals surface area (Å²) in [6.45, 7) is 0.583. The Hall–Kier alpha value is -3.29. The summed E-state index contributed by atoms with van der Waals surface area (Å²) in [5.74, 6) is -1.07. The highest BCUT2D eigenvalue weighted by molar-refractivity contribution is 5.94. The lowest BCUT2D eigenvalue weighted by molar-refractivity contribution is -0.130. The van der Waals surface area contributed by atoms with Gasteiger partial charge in [-0.05, 0) is 49.9 Å². The maximum Gasteiger partial charge on any atom is 0.253 e. The van der Waals surface area contributed by atoms with Crippen molar-refractivity contribution in [2.75, 3.05) is 6.54 Å². The van der Waals surface area contributed by atoms with Crippen LogP contribution in [-0.2, 0) is 9.59 Å². The van der Waals surface area contributed by atoms with E-state index in [4.69, 9.17) is 0 Å². The maximum absolute atomic E-state index is 13.4. The molecule has 0 radical (unpaired) electrons. The summed E-state index contributed by atoms with van der Waals surface area (Å²) in [6, 6.07) is 8.91. The third-order valence-corrected chi connectivity index (χ3v) is 5.89. The number of nitrogens with one attached hydrogen (secondary N) is 3. The Morgan fingerprint density at radius 3 is 2.68 bits per heavy atom. The zero-order chi connectivity index (χ0) is 21.8. The molecule has 1 aliphatic heterocycles. The van der Waals surface area contributed by atoms with Crippen LogP contribution in [0.2, 0.25) is 0 Å². The van der Waals surface area contributed by atoms with E-state index in [0.29, 0.717) is 36.2 Å². The van der Waals surface area contributed by atoms with E-state index in [2.05, 4.69) is 20.9 Å². The first-order chi connectivity index (χ1) is 15.0. The lowest BCUT2D eigenvalue weighted by Gasteiger charge is -2.29. The minimum absolute atomic E-state index is 0.114. The van der Waals surface area contributed by atoms with Gasteiger partial charge in [0.15, 0.2) is 0 Å². The largest absolute Gasteiger partial charge is 0.354 e. The van der Waals surface area contributed by atoms with E-state index in [0.717, 1.165) is 19.3 Å². The van der Waals surface area contributed by atoms with E-state index in [1.54, 1.807) is 24.3 Å². The SMILES string of the molecule is O=C(NC1CCCC(C(=O)N[C@H]2CCNC2=O)C1)c1ccc(-c2cccc(F)c2)nc1. The van der Waals surface area contributed by atoms with E-state index in [1.807, 2.05) is 0 Å². The lowest BCUT2D eigenvalue weighted by atomic mass is 9.84. The van der Waals surface area contributed by atoms with Gasteiger partial charge in [-0.3, -0.25) is 19.4 Å². The highest BCUT2D eigenvalue weighted by Gasteiger charge is 2.32. The van der Waals surface area contributed by atoms with Gasteiger partial charge in [-0.2, -0.15) is 0 Å². The van der Waals surface area contributed by atoms with Crippen LogP contribution in [0.1, 0.15) is 42.5 Å². The minimum Gasteiger partial charge on any atom is -0.354 e. The van der Waals surface area contributed by atoms with E-state index >= 15 is 0 Å². The van der Waals surface area contributed by atoms with Gasteiger partial charge in [0.05, 0.1) is 11.3 Å². The summed E-state index contributed by atoms with van der Waals surface area (Å²) >= 11 is 0. The summed E-state index contributed by atoms with van der Waals surface area (Å²) < 4.78 is 13.4.